The zero-order chi connectivity index (χ0) is 13.7. The molecule has 1 saturated heterocycles. The van der Waals surface area contributed by atoms with Crippen molar-refractivity contribution < 1.29 is 14.2 Å². The molecule has 1 aliphatic heterocycles. The lowest BCUT2D eigenvalue weighted by Crippen LogP contribution is -2.44. The van der Waals surface area contributed by atoms with E-state index in [-0.39, 0.29) is 6.10 Å². The number of anilines is 1. The van der Waals surface area contributed by atoms with Crippen molar-refractivity contribution >= 4 is 5.82 Å². The highest BCUT2D eigenvalue weighted by Gasteiger charge is 2.22. The molecule has 0 amide bonds. The van der Waals surface area contributed by atoms with Gasteiger partial charge in [0, 0.05) is 26.3 Å². The summed E-state index contributed by atoms with van der Waals surface area (Å²) >= 11 is 0. The van der Waals surface area contributed by atoms with Crippen molar-refractivity contribution in [2.45, 2.75) is 20.0 Å². The monoisotopic (exact) mass is 267 g/mol. The summed E-state index contributed by atoms with van der Waals surface area (Å²) in [6.45, 7) is 7.29. The van der Waals surface area contributed by atoms with Crippen LogP contribution in [0.1, 0.15) is 12.7 Å². The van der Waals surface area contributed by atoms with Gasteiger partial charge < -0.3 is 19.1 Å². The number of rotatable bonds is 5. The maximum absolute atomic E-state index is 5.64. The largest absolute Gasteiger partial charge is 0.478 e. The third kappa shape index (κ3) is 3.78. The summed E-state index contributed by atoms with van der Waals surface area (Å²) in [5.41, 5.74) is 0. The maximum atomic E-state index is 5.64. The fraction of sp³-hybridized carbons (Fsp3) is 0.692. The summed E-state index contributed by atoms with van der Waals surface area (Å²) in [4.78, 5) is 10.9. The van der Waals surface area contributed by atoms with E-state index in [0.29, 0.717) is 25.7 Å². The average Bonchev–Trinajstić information content (AvgIpc) is 2.39. The Kier molecular flexibility index (Phi) is 4.93. The molecule has 0 aliphatic carbocycles. The van der Waals surface area contributed by atoms with E-state index in [2.05, 4.69) is 14.9 Å². The number of hydrogen-bond donors (Lipinski definition) is 0. The van der Waals surface area contributed by atoms with Gasteiger partial charge >= 0.3 is 0 Å². The quantitative estimate of drug-likeness (QED) is 0.794. The van der Waals surface area contributed by atoms with Gasteiger partial charge in [0.15, 0.2) is 0 Å². The molecule has 106 valence electrons. The van der Waals surface area contributed by atoms with Crippen molar-refractivity contribution in [1.82, 2.24) is 9.97 Å². The van der Waals surface area contributed by atoms with Gasteiger partial charge in [0.2, 0.25) is 5.88 Å². The van der Waals surface area contributed by atoms with E-state index < -0.39 is 0 Å². The minimum atomic E-state index is 0.0876. The number of methoxy groups -OCH3 is 1. The second-order valence-corrected chi connectivity index (χ2v) is 4.44. The Bertz CT molecular complexity index is 412. The molecule has 1 unspecified atom stereocenters. The molecule has 2 rings (SSSR count). The summed E-state index contributed by atoms with van der Waals surface area (Å²) in [5.74, 6) is 2.23. The minimum absolute atomic E-state index is 0.0876. The van der Waals surface area contributed by atoms with Gasteiger partial charge in [0.1, 0.15) is 11.6 Å². The number of aromatic nitrogens is 2. The molecule has 2 heterocycles. The fourth-order valence-electron chi connectivity index (χ4n) is 2.12. The normalized spacial score (nSPS) is 19.5. The first-order valence-corrected chi connectivity index (χ1v) is 6.57. The lowest BCUT2D eigenvalue weighted by atomic mass is 10.3. The summed E-state index contributed by atoms with van der Waals surface area (Å²) in [6.07, 6.45) is 0.0876. The highest BCUT2D eigenvalue weighted by molar-refractivity contribution is 5.42. The van der Waals surface area contributed by atoms with Crippen LogP contribution in [-0.2, 0) is 9.47 Å². The number of aryl methyl sites for hydroxylation is 1. The van der Waals surface area contributed by atoms with Gasteiger partial charge in [-0.1, -0.05) is 0 Å². The van der Waals surface area contributed by atoms with E-state index in [1.807, 2.05) is 19.9 Å². The van der Waals surface area contributed by atoms with E-state index in [4.69, 9.17) is 14.2 Å². The van der Waals surface area contributed by atoms with Crippen LogP contribution in [0.3, 0.4) is 0 Å². The molecular weight excluding hydrogens is 246 g/mol. The molecule has 0 aromatic carbocycles. The van der Waals surface area contributed by atoms with Crippen LogP contribution >= 0.6 is 0 Å². The maximum Gasteiger partial charge on any atom is 0.218 e. The summed E-state index contributed by atoms with van der Waals surface area (Å²) in [7, 11) is 1.68. The Labute approximate surface area is 113 Å². The molecule has 6 nitrogen and oxygen atoms in total. The Balaban J connectivity index is 2.11. The first-order valence-electron chi connectivity index (χ1n) is 6.57. The Morgan fingerprint density at radius 1 is 1.47 bits per heavy atom. The van der Waals surface area contributed by atoms with Crippen LogP contribution in [-0.4, -0.2) is 56.1 Å². The second-order valence-electron chi connectivity index (χ2n) is 4.44. The SMILES string of the molecule is CCOc1cc(N2CCOC(COC)C2)nc(C)n1. The topological polar surface area (TPSA) is 56.7 Å². The lowest BCUT2D eigenvalue weighted by Gasteiger charge is -2.33. The summed E-state index contributed by atoms with van der Waals surface area (Å²) in [5, 5.41) is 0. The Morgan fingerprint density at radius 3 is 3.05 bits per heavy atom. The average molecular weight is 267 g/mol. The number of hydrogen-bond acceptors (Lipinski definition) is 6. The standard InChI is InChI=1S/C13H21N3O3/c1-4-18-13-7-12(14-10(2)15-13)16-5-6-19-11(8-16)9-17-3/h7,11H,4-6,8-9H2,1-3H3. The van der Waals surface area contributed by atoms with Gasteiger partial charge in [-0.15, -0.1) is 0 Å². The molecule has 0 spiro atoms. The zero-order valence-electron chi connectivity index (χ0n) is 11.8. The molecule has 1 fully saturated rings. The van der Waals surface area contributed by atoms with Crippen LogP contribution < -0.4 is 9.64 Å². The summed E-state index contributed by atoms with van der Waals surface area (Å²) < 4.78 is 16.2. The molecule has 0 bridgehead atoms. The van der Waals surface area contributed by atoms with Crippen molar-refractivity contribution in [3.63, 3.8) is 0 Å². The van der Waals surface area contributed by atoms with Crippen LogP contribution in [0.25, 0.3) is 0 Å². The van der Waals surface area contributed by atoms with Crippen molar-refractivity contribution in [3.05, 3.63) is 11.9 Å². The first kappa shape index (κ1) is 14.0. The third-order valence-electron chi connectivity index (χ3n) is 2.91. The second kappa shape index (κ2) is 6.68. The van der Waals surface area contributed by atoms with Crippen LogP contribution in [0.2, 0.25) is 0 Å². The number of ether oxygens (including phenoxy) is 3. The van der Waals surface area contributed by atoms with Gasteiger partial charge in [-0.25, -0.2) is 4.98 Å². The number of morpholine rings is 1. The smallest absolute Gasteiger partial charge is 0.218 e. The molecule has 0 N–H and O–H groups in total. The Hall–Kier alpha value is -1.40. The van der Waals surface area contributed by atoms with Crippen LogP contribution in [0.5, 0.6) is 5.88 Å². The lowest BCUT2D eigenvalue weighted by molar-refractivity contribution is -0.0102. The number of nitrogens with zero attached hydrogens (tertiary/aromatic N) is 3. The molecule has 1 aromatic rings. The van der Waals surface area contributed by atoms with Crippen LogP contribution in [0.15, 0.2) is 6.07 Å². The zero-order valence-corrected chi connectivity index (χ0v) is 11.8. The summed E-state index contributed by atoms with van der Waals surface area (Å²) in [6, 6.07) is 1.88. The highest BCUT2D eigenvalue weighted by atomic mass is 16.5. The molecular formula is C13H21N3O3. The third-order valence-corrected chi connectivity index (χ3v) is 2.91. The Morgan fingerprint density at radius 2 is 2.32 bits per heavy atom. The van der Waals surface area contributed by atoms with Crippen LogP contribution in [0, 0.1) is 6.92 Å². The van der Waals surface area contributed by atoms with Crippen molar-refractivity contribution in [1.29, 1.82) is 0 Å². The molecule has 1 atom stereocenters. The minimum Gasteiger partial charge on any atom is -0.478 e. The molecule has 6 heteroatoms. The first-order chi connectivity index (χ1) is 9.22. The van der Waals surface area contributed by atoms with Crippen molar-refractivity contribution in [2.24, 2.45) is 0 Å². The van der Waals surface area contributed by atoms with Gasteiger partial charge in [0.05, 0.1) is 25.9 Å². The molecule has 1 aromatic heterocycles. The molecule has 1 aliphatic rings. The van der Waals surface area contributed by atoms with Gasteiger partial charge in [-0.2, -0.15) is 4.98 Å². The van der Waals surface area contributed by atoms with E-state index in [9.17, 15) is 0 Å². The molecule has 19 heavy (non-hydrogen) atoms. The van der Waals surface area contributed by atoms with E-state index in [1.54, 1.807) is 7.11 Å². The van der Waals surface area contributed by atoms with Gasteiger partial charge in [-0.05, 0) is 13.8 Å². The van der Waals surface area contributed by atoms with Gasteiger partial charge in [0.25, 0.3) is 0 Å². The van der Waals surface area contributed by atoms with Crippen LogP contribution in [0.4, 0.5) is 5.82 Å². The van der Waals surface area contributed by atoms with E-state index in [1.165, 1.54) is 0 Å². The fourth-order valence-corrected chi connectivity index (χ4v) is 2.12. The van der Waals surface area contributed by atoms with Crippen molar-refractivity contribution in [2.75, 3.05) is 44.9 Å². The molecule has 0 saturated carbocycles. The highest BCUT2D eigenvalue weighted by Crippen LogP contribution is 2.20. The predicted molar refractivity (Wildman–Crippen MR) is 71.8 cm³/mol. The van der Waals surface area contributed by atoms with Gasteiger partial charge in [-0.3, -0.25) is 0 Å². The predicted octanol–water partition coefficient (Wildman–Crippen LogP) is 1.04. The van der Waals surface area contributed by atoms with E-state index in [0.717, 1.165) is 24.7 Å². The molecule has 0 radical (unpaired) electrons. The van der Waals surface area contributed by atoms with E-state index >= 15 is 0 Å². The van der Waals surface area contributed by atoms with Crippen molar-refractivity contribution in [3.8, 4) is 5.88 Å².